The van der Waals surface area contributed by atoms with Crippen molar-refractivity contribution in [2.24, 2.45) is 0 Å². The van der Waals surface area contributed by atoms with Crippen LogP contribution in [0.2, 0.25) is 0 Å². The average molecular weight is 549 g/mol. The highest BCUT2D eigenvalue weighted by Gasteiger charge is 2.28. The van der Waals surface area contributed by atoms with E-state index in [9.17, 15) is 18.0 Å². The van der Waals surface area contributed by atoms with Gasteiger partial charge < -0.3 is 14.5 Å². The molecule has 0 saturated heterocycles. The van der Waals surface area contributed by atoms with Crippen molar-refractivity contribution in [3.63, 3.8) is 0 Å². The molecule has 1 N–H and O–H groups in total. The molecule has 9 nitrogen and oxygen atoms in total. The van der Waals surface area contributed by atoms with Crippen molar-refractivity contribution in [2.45, 2.75) is 37.4 Å². The van der Waals surface area contributed by atoms with E-state index in [1.54, 1.807) is 36.4 Å². The van der Waals surface area contributed by atoms with Gasteiger partial charge in [0, 0.05) is 19.4 Å². The summed E-state index contributed by atoms with van der Waals surface area (Å²) in [5.41, 5.74) is 2.46. The Morgan fingerprint density at radius 1 is 0.923 bits per heavy atom. The lowest BCUT2D eigenvalue weighted by Gasteiger charge is -2.18. The van der Waals surface area contributed by atoms with E-state index in [-0.39, 0.29) is 42.3 Å². The zero-order valence-corrected chi connectivity index (χ0v) is 22.1. The van der Waals surface area contributed by atoms with E-state index in [2.05, 4.69) is 10.3 Å². The molecule has 0 saturated carbocycles. The van der Waals surface area contributed by atoms with Gasteiger partial charge in [0.25, 0.3) is 16.0 Å². The fraction of sp³-hybridized carbons (Fsp3) is 0.207. The number of esters is 1. The molecule has 0 unspecified atom stereocenters. The van der Waals surface area contributed by atoms with Gasteiger partial charge in [-0.1, -0.05) is 78.4 Å². The third kappa shape index (κ3) is 7.86. The number of hydrogen-bond acceptors (Lipinski definition) is 8. The summed E-state index contributed by atoms with van der Waals surface area (Å²) in [4.78, 5) is 29.5. The van der Waals surface area contributed by atoms with E-state index in [0.717, 1.165) is 23.1 Å². The number of nitrogens with zero attached hydrogens (tertiary/aromatic N) is 1. The maximum atomic E-state index is 13.1. The van der Waals surface area contributed by atoms with Crippen molar-refractivity contribution < 1.29 is 31.3 Å². The molecule has 1 amide bonds. The van der Waals surface area contributed by atoms with Crippen LogP contribution in [0.5, 0.6) is 0 Å². The Morgan fingerprint density at radius 3 is 2.23 bits per heavy atom. The molecule has 1 heterocycles. The quantitative estimate of drug-likeness (QED) is 0.208. The molecular formula is C29H28N2O7S. The number of oxazole rings is 1. The lowest BCUT2D eigenvalue weighted by Crippen LogP contribution is -2.40. The normalized spacial score (nSPS) is 12.0. The van der Waals surface area contributed by atoms with E-state index in [4.69, 9.17) is 13.3 Å². The lowest BCUT2D eigenvalue weighted by atomic mass is 10.1. The van der Waals surface area contributed by atoms with E-state index in [0.29, 0.717) is 0 Å². The first-order valence-corrected chi connectivity index (χ1v) is 13.7. The monoisotopic (exact) mass is 548 g/mol. The van der Waals surface area contributed by atoms with Gasteiger partial charge in [0.1, 0.15) is 12.4 Å². The van der Waals surface area contributed by atoms with Crippen molar-refractivity contribution in [3.8, 4) is 0 Å². The summed E-state index contributed by atoms with van der Waals surface area (Å²) in [5.74, 6) is -1.04. The Labute approximate surface area is 226 Å². The number of ether oxygens (including phenoxy) is 1. The van der Waals surface area contributed by atoms with Gasteiger partial charge in [0.2, 0.25) is 0 Å². The number of amides is 1. The van der Waals surface area contributed by atoms with Crippen LogP contribution in [0, 0.1) is 6.92 Å². The van der Waals surface area contributed by atoms with Crippen LogP contribution in [-0.2, 0) is 43.3 Å². The predicted octanol–water partition coefficient (Wildman–Crippen LogP) is 4.02. The van der Waals surface area contributed by atoms with Gasteiger partial charge in [-0.3, -0.25) is 8.98 Å². The molecule has 0 bridgehead atoms. The van der Waals surface area contributed by atoms with Crippen LogP contribution in [0.3, 0.4) is 0 Å². The van der Waals surface area contributed by atoms with Gasteiger partial charge >= 0.3 is 5.97 Å². The topological polar surface area (TPSA) is 125 Å². The molecule has 0 radical (unpaired) electrons. The number of aromatic nitrogens is 1. The molecule has 4 aromatic rings. The number of nitrogens with one attached hydrogen (secondary N) is 1. The summed E-state index contributed by atoms with van der Waals surface area (Å²) in [6, 6.07) is 24.4. The van der Waals surface area contributed by atoms with Crippen LogP contribution < -0.4 is 5.32 Å². The molecule has 0 aliphatic carbocycles. The number of hydrogen-bond donors (Lipinski definition) is 1. The average Bonchev–Trinajstić information content (AvgIpc) is 3.41. The van der Waals surface area contributed by atoms with E-state index in [1.165, 1.54) is 12.1 Å². The minimum atomic E-state index is -4.21. The Kier molecular flexibility index (Phi) is 9.24. The number of benzene rings is 3. The summed E-state index contributed by atoms with van der Waals surface area (Å²) >= 11 is 0. The van der Waals surface area contributed by atoms with Crippen LogP contribution in [0.1, 0.15) is 32.9 Å². The van der Waals surface area contributed by atoms with Crippen molar-refractivity contribution in [3.05, 3.63) is 119 Å². The smallest absolute Gasteiger partial charge is 0.360 e. The first kappa shape index (κ1) is 27.7. The molecule has 202 valence electrons. The Bertz CT molecular complexity index is 1490. The number of rotatable bonds is 12. The molecule has 3 aromatic carbocycles. The Morgan fingerprint density at radius 2 is 1.56 bits per heavy atom. The second-order valence-electron chi connectivity index (χ2n) is 8.77. The second-order valence-corrected chi connectivity index (χ2v) is 10.3. The first-order valence-electron chi connectivity index (χ1n) is 12.3. The fourth-order valence-corrected chi connectivity index (χ4v) is 4.77. The van der Waals surface area contributed by atoms with Crippen LogP contribution >= 0.6 is 0 Å². The maximum Gasteiger partial charge on any atom is 0.360 e. The van der Waals surface area contributed by atoms with Gasteiger partial charge in [-0.15, -0.1) is 0 Å². The van der Waals surface area contributed by atoms with Crippen molar-refractivity contribution in [1.82, 2.24) is 10.3 Å². The highest BCUT2D eigenvalue weighted by Crippen LogP contribution is 2.18. The van der Waals surface area contributed by atoms with E-state index < -0.39 is 28.1 Å². The van der Waals surface area contributed by atoms with Gasteiger partial charge in [-0.05, 0) is 30.2 Å². The molecule has 4 rings (SSSR count). The van der Waals surface area contributed by atoms with Gasteiger partial charge in [-0.25, -0.2) is 9.78 Å². The SMILES string of the molecule is Cc1ccc(S(=O)(=O)O[C@H](Cc2ccccc2)C(=O)NCCc2ocnc2C(=O)OCc2ccccc2)cc1. The maximum absolute atomic E-state index is 13.1. The summed E-state index contributed by atoms with van der Waals surface area (Å²) in [6.07, 6.45) is -0.0172. The molecule has 0 aliphatic heterocycles. The molecule has 1 aromatic heterocycles. The Hall–Kier alpha value is -4.28. The number of aryl methyl sites for hydroxylation is 1. The fourth-order valence-electron chi connectivity index (χ4n) is 3.73. The molecule has 0 aliphatic rings. The number of carbonyl (C=O) groups is 2. The summed E-state index contributed by atoms with van der Waals surface area (Å²) in [5, 5.41) is 2.68. The van der Waals surface area contributed by atoms with E-state index in [1.807, 2.05) is 43.3 Å². The lowest BCUT2D eigenvalue weighted by molar-refractivity contribution is -0.127. The van der Waals surface area contributed by atoms with Crippen molar-refractivity contribution in [2.75, 3.05) is 6.54 Å². The van der Waals surface area contributed by atoms with Crippen LogP contribution in [0.25, 0.3) is 0 Å². The predicted molar refractivity (Wildman–Crippen MR) is 142 cm³/mol. The summed E-state index contributed by atoms with van der Waals surface area (Å²) in [6.45, 7) is 1.97. The molecule has 1 atom stereocenters. The minimum Gasteiger partial charge on any atom is -0.456 e. The molecule has 10 heteroatoms. The highest BCUT2D eigenvalue weighted by atomic mass is 32.2. The number of carbonyl (C=O) groups excluding carboxylic acids is 2. The van der Waals surface area contributed by atoms with Crippen molar-refractivity contribution in [1.29, 1.82) is 0 Å². The minimum absolute atomic E-state index is 0.0132. The zero-order valence-electron chi connectivity index (χ0n) is 21.3. The molecule has 0 spiro atoms. The largest absolute Gasteiger partial charge is 0.456 e. The van der Waals surface area contributed by atoms with Gasteiger partial charge in [0.05, 0.1) is 4.90 Å². The van der Waals surface area contributed by atoms with Crippen LogP contribution in [0.15, 0.2) is 101 Å². The first-order chi connectivity index (χ1) is 18.8. The Balaban J connectivity index is 1.39. The van der Waals surface area contributed by atoms with Gasteiger partial charge in [-0.2, -0.15) is 8.42 Å². The van der Waals surface area contributed by atoms with Crippen molar-refractivity contribution >= 4 is 22.0 Å². The zero-order chi connectivity index (χ0) is 27.7. The molecule has 39 heavy (non-hydrogen) atoms. The standard InChI is InChI=1S/C29H28N2O7S/c1-21-12-14-24(15-13-21)39(34,35)38-26(18-22-8-4-2-5-9-22)28(32)30-17-16-25-27(31-20-37-25)29(33)36-19-23-10-6-3-7-11-23/h2-15,20,26H,16-19H2,1H3,(H,30,32)/t26-/m1/s1. The summed E-state index contributed by atoms with van der Waals surface area (Å²) < 4.78 is 41.9. The van der Waals surface area contributed by atoms with Crippen LogP contribution in [-0.4, -0.2) is 37.9 Å². The van der Waals surface area contributed by atoms with E-state index >= 15 is 0 Å². The summed E-state index contributed by atoms with van der Waals surface area (Å²) in [7, 11) is -4.21. The third-order valence-corrected chi connectivity index (χ3v) is 7.14. The molecule has 0 fully saturated rings. The van der Waals surface area contributed by atoms with Crippen LogP contribution in [0.4, 0.5) is 0 Å². The second kappa shape index (κ2) is 13.0. The highest BCUT2D eigenvalue weighted by molar-refractivity contribution is 7.86. The third-order valence-electron chi connectivity index (χ3n) is 5.81. The molecular weight excluding hydrogens is 520 g/mol. The van der Waals surface area contributed by atoms with Gasteiger partial charge in [0.15, 0.2) is 18.2 Å².